The molecule has 0 aliphatic carbocycles. The first kappa shape index (κ1) is 16.2. The van der Waals surface area contributed by atoms with Gasteiger partial charge in [-0.05, 0) is 26.3 Å². The van der Waals surface area contributed by atoms with Gasteiger partial charge in [-0.1, -0.05) is 23.8 Å². The normalized spacial score (nSPS) is 12.0. The highest BCUT2D eigenvalue weighted by Crippen LogP contribution is 2.27. The van der Waals surface area contributed by atoms with Gasteiger partial charge in [-0.25, -0.2) is 4.98 Å². The molecule has 1 atom stereocenters. The summed E-state index contributed by atoms with van der Waals surface area (Å²) in [5, 5.41) is 5.25. The number of aromatic nitrogens is 1. The number of nitrogens with two attached hydrogens (primary N) is 1. The molecule has 0 saturated heterocycles. The third kappa shape index (κ3) is 3.92. The highest BCUT2D eigenvalue weighted by atomic mass is 32.1. The first-order chi connectivity index (χ1) is 10.4. The Kier molecular flexibility index (Phi) is 4.92. The van der Waals surface area contributed by atoms with E-state index >= 15 is 0 Å². The minimum atomic E-state index is -0.443. The van der Waals surface area contributed by atoms with Crippen molar-refractivity contribution in [3.8, 4) is 10.6 Å². The van der Waals surface area contributed by atoms with Crippen LogP contribution in [0.25, 0.3) is 10.6 Å². The summed E-state index contributed by atoms with van der Waals surface area (Å²) in [5.41, 5.74) is 8.82. The number of carbonyl (C=O) groups excluding carboxylic acids is 2. The number of amides is 2. The van der Waals surface area contributed by atoms with E-state index in [4.69, 9.17) is 5.73 Å². The predicted octanol–water partition coefficient (Wildman–Crippen LogP) is 2.42. The van der Waals surface area contributed by atoms with Crippen molar-refractivity contribution in [2.45, 2.75) is 33.2 Å². The summed E-state index contributed by atoms with van der Waals surface area (Å²) in [6.07, 6.45) is 0.111. The third-order valence-corrected chi connectivity index (χ3v) is 4.11. The van der Waals surface area contributed by atoms with Gasteiger partial charge < -0.3 is 11.1 Å². The van der Waals surface area contributed by atoms with Crippen molar-refractivity contribution < 1.29 is 9.59 Å². The molecule has 1 aromatic heterocycles. The van der Waals surface area contributed by atoms with E-state index < -0.39 is 5.91 Å². The van der Waals surface area contributed by atoms with Gasteiger partial charge in [-0.3, -0.25) is 9.59 Å². The smallest absolute Gasteiger partial charge is 0.270 e. The Morgan fingerprint density at radius 3 is 2.73 bits per heavy atom. The summed E-state index contributed by atoms with van der Waals surface area (Å²) in [5.74, 6) is -0.733. The molecule has 2 amide bonds. The zero-order valence-corrected chi connectivity index (χ0v) is 13.7. The predicted molar refractivity (Wildman–Crippen MR) is 87.8 cm³/mol. The van der Waals surface area contributed by atoms with Crippen molar-refractivity contribution in [3.63, 3.8) is 0 Å². The highest BCUT2D eigenvalue weighted by Gasteiger charge is 2.16. The minimum absolute atomic E-state index is 0.111. The van der Waals surface area contributed by atoms with E-state index in [1.165, 1.54) is 16.9 Å². The molecule has 1 unspecified atom stereocenters. The first-order valence-corrected chi connectivity index (χ1v) is 7.87. The van der Waals surface area contributed by atoms with Crippen LogP contribution >= 0.6 is 11.3 Å². The van der Waals surface area contributed by atoms with Gasteiger partial charge in [-0.15, -0.1) is 11.3 Å². The van der Waals surface area contributed by atoms with Crippen LogP contribution in [-0.2, 0) is 4.79 Å². The van der Waals surface area contributed by atoms with Crippen LogP contribution in [0.15, 0.2) is 23.6 Å². The molecule has 3 N–H and O–H groups in total. The van der Waals surface area contributed by atoms with Crippen LogP contribution in [0.2, 0.25) is 0 Å². The Bertz CT molecular complexity index is 709. The molecule has 6 heteroatoms. The maximum Gasteiger partial charge on any atom is 0.270 e. The van der Waals surface area contributed by atoms with E-state index in [9.17, 15) is 9.59 Å². The lowest BCUT2D eigenvalue weighted by molar-refractivity contribution is -0.118. The van der Waals surface area contributed by atoms with E-state index in [1.54, 1.807) is 12.3 Å². The lowest BCUT2D eigenvalue weighted by Gasteiger charge is -2.10. The molecule has 0 aliphatic heterocycles. The number of primary amides is 1. The van der Waals surface area contributed by atoms with Gasteiger partial charge in [0, 0.05) is 23.4 Å². The maximum atomic E-state index is 12.1. The Balaban J connectivity index is 2.14. The molecule has 0 bridgehead atoms. The lowest BCUT2D eigenvalue weighted by atomic mass is 10.1. The largest absolute Gasteiger partial charge is 0.370 e. The second-order valence-electron chi connectivity index (χ2n) is 5.40. The Morgan fingerprint density at radius 2 is 2.09 bits per heavy atom. The van der Waals surface area contributed by atoms with Gasteiger partial charge in [0.1, 0.15) is 10.7 Å². The number of thiazole rings is 1. The van der Waals surface area contributed by atoms with Crippen LogP contribution in [0, 0.1) is 13.8 Å². The van der Waals surface area contributed by atoms with E-state index in [-0.39, 0.29) is 18.4 Å². The van der Waals surface area contributed by atoms with Gasteiger partial charge in [0.05, 0.1) is 0 Å². The number of benzene rings is 1. The van der Waals surface area contributed by atoms with Crippen molar-refractivity contribution in [1.29, 1.82) is 0 Å². The van der Waals surface area contributed by atoms with E-state index in [0.29, 0.717) is 5.69 Å². The van der Waals surface area contributed by atoms with Crippen molar-refractivity contribution in [2.24, 2.45) is 5.73 Å². The Hall–Kier alpha value is -2.21. The van der Waals surface area contributed by atoms with Gasteiger partial charge in [-0.2, -0.15) is 0 Å². The number of nitrogens with zero attached hydrogens (tertiary/aromatic N) is 1. The molecule has 5 nitrogen and oxygen atoms in total. The summed E-state index contributed by atoms with van der Waals surface area (Å²) >= 11 is 1.43. The van der Waals surface area contributed by atoms with Crippen molar-refractivity contribution in [1.82, 2.24) is 10.3 Å². The van der Waals surface area contributed by atoms with Crippen LogP contribution in [0.3, 0.4) is 0 Å². The fourth-order valence-corrected chi connectivity index (χ4v) is 3.10. The van der Waals surface area contributed by atoms with Gasteiger partial charge in [0.2, 0.25) is 5.91 Å². The summed E-state index contributed by atoms with van der Waals surface area (Å²) < 4.78 is 0. The highest BCUT2D eigenvalue weighted by molar-refractivity contribution is 7.13. The Morgan fingerprint density at radius 1 is 1.36 bits per heavy atom. The van der Waals surface area contributed by atoms with Crippen LogP contribution in [0.5, 0.6) is 0 Å². The molecule has 0 fully saturated rings. The van der Waals surface area contributed by atoms with Gasteiger partial charge in [0.15, 0.2) is 0 Å². The summed E-state index contributed by atoms with van der Waals surface area (Å²) in [6, 6.07) is 5.82. The zero-order valence-electron chi connectivity index (χ0n) is 12.8. The van der Waals surface area contributed by atoms with E-state index in [0.717, 1.165) is 16.1 Å². The number of hydrogen-bond donors (Lipinski definition) is 2. The monoisotopic (exact) mass is 317 g/mol. The van der Waals surface area contributed by atoms with Crippen molar-refractivity contribution in [2.75, 3.05) is 0 Å². The van der Waals surface area contributed by atoms with E-state index in [2.05, 4.69) is 16.4 Å². The molecule has 116 valence electrons. The number of nitrogens with one attached hydrogen (secondary N) is 1. The number of carbonyl (C=O) groups is 2. The van der Waals surface area contributed by atoms with Crippen LogP contribution in [0.4, 0.5) is 0 Å². The van der Waals surface area contributed by atoms with Crippen molar-refractivity contribution >= 4 is 23.2 Å². The third-order valence-electron chi connectivity index (χ3n) is 3.23. The summed E-state index contributed by atoms with van der Waals surface area (Å²) in [4.78, 5) is 27.3. The SMILES string of the molecule is Cc1ccc(-c2nc(C(=O)NC(C)CC(N)=O)cs2)c(C)c1. The molecule has 0 radical (unpaired) electrons. The van der Waals surface area contributed by atoms with Gasteiger partial charge in [0.25, 0.3) is 5.91 Å². The van der Waals surface area contributed by atoms with Crippen LogP contribution in [0.1, 0.15) is 35.0 Å². The topological polar surface area (TPSA) is 85.1 Å². The van der Waals surface area contributed by atoms with Crippen LogP contribution in [-0.4, -0.2) is 22.8 Å². The van der Waals surface area contributed by atoms with Gasteiger partial charge >= 0.3 is 0 Å². The molecule has 2 aromatic rings. The molecule has 1 heterocycles. The summed E-state index contributed by atoms with van der Waals surface area (Å²) in [6.45, 7) is 5.80. The second-order valence-corrected chi connectivity index (χ2v) is 6.26. The number of rotatable bonds is 5. The summed E-state index contributed by atoms with van der Waals surface area (Å²) in [7, 11) is 0. The quantitative estimate of drug-likeness (QED) is 0.888. The van der Waals surface area contributed by atoms with E-state index in [1.807, 2.05) is 26.0 Å². The zero-order chi connectivity index (χ0) is 16.3. The average molecular weight is 317 g/mol. The molecule has 0 aliphatic rings. The fraction of sp³-hybridized carbons (Fsp3) is 0.312. The van der Waals surface area contributed by atoms with Crippen LogP contribution < -0.4 is 11.1 Å². The molecular formula is C16H19N3O2S. The first-order valence-electron chi connectivity index (χ1n) is 6.99. The average Bonchev–Trinajstić information content (AvgIpc) is 2.86. The molecule has 0 saturated carbocycles. The molecule has 0 spiro atoms. The fourth-order valence-electron chi connectivity index (χ4n) is 2.21. The minimum Gasteiger partial charge on any atom is -0.370 e. The maximum absolute atomic E-state index is 12.1. The number of aryl methyl sites for hydroxylation is 2. The number of hydrogen-bond acceptors (Lipinski definition) is 4. The molecule has 1 aromatic carbocycles. The molecular weight excluding hydrogens is 298 g/mol. The lowest BCUT2D eigenvalue weighted by Crippen LogP contribution is -2.35. The Labute approximate surface area is 133 Å². The molecule has 2 rings (SSSR count). The standard InChI is InChI=1S/C16H19N3O2S/c1-9-4-5-12(10(2)6-9)16-19-13(8-22-16)15(21)18-11(3)7-14(17)20/h4-6,8,11H,7H2,1-3H3,(H2,17,20)(H,18,21). The second kappa shape index (κ2) is 6.70. The molecule has 22 heavy (non-hydrogen) atoms. The van der Waals surface area contributed by atoms with Crippen molar-refractivity contribution in [3.05, 3.63) is 40.4 Å².